The molecular formula is C17H16F2N2O3S. The first-order chi connectivity index (χ1) is 11.8. The van der Waals surface area contributed by atoms with Crippen LogP contribution >= 0.6 is 0 Å². The van der Waals surface area contributed by atoms with Crippen molar-refractivity contribution in [2.24, 2.45) is 4.99 Å². The Hall–Kier alpha value is -2.48. The average Bonchev–Trinajstić information content (AvgIpc) is 2.53. The Bertz CT molecular complexity index is 935. The van der Waals surface area contributed by atoms with Crippen LogP contribution in [-0.2, 0) is 10.9 Å². The van der Waals surface area contributed by atoms with E-state index in [0.717, 1.165) is 12.1 Å². The topological polar surface area (TPSA) is 67.8 Å². The number of nitrogens with zero attached hydrogens (tertiary/aromatic N) is 1. The van der Waals surface area contributed by atoms with Crippen molar-refractivity contribution in [3.8, 4) is 5.75 Å². The molecule has 1 N–H and O–H groups in total. The zero-order chi connectivity index (χ0) is 18.2. The fraction of sp³-hybridized carbons (Fsp3) is 0.235. The molecule has 2 aromatic carbocycles. The maximum Gasteiger partial charge on any atom is 0.222 e. The van der Waals surface area contributed by atoms with E-state index in [2.05, 4.69) is 9.71 Å². The number of anilines is 1. The molecule has 1 atom stereocenters. The second-order valence-electron chi connectivity index (χ2n) is 5.80. The summed E-state index contributed by atoms with van der Waals surface area (Å²) in [5.74, 6) is -1.03. The first-order valence-corrected chi connectivity index (χ1v) is 8.79. The lowest BCUT2D eigenvalue weighted by Crippen LogP contribution is -2.35. The third kappa shape index (κ3) is 3.48. The van der Waals surface area contributed by atoms with Crippen molar-refractivity contribution in [3.05, 3.63) is 59.2 Å². The molecule has 5 nitrogen and oxygen atoms in total. The van der Waals surface area contributed by atoms with E-state index in [4.69, 9.17) is 4.74 Å². The lowest BCUT2D eigenvalue weighted by molar-refractivity contribution is 0.0903. The van der Waals surface area contributed by atoms with Crippen LogP contribution in [0.4, 0.5) is 14.5 Å². The van der Waals surface area contributed by atoms with Gasteiger partial charge in [-0.2, -0.15) is 0 Å². The van der Waals surface area contributed by atoms with E-state index < -0.39 is 28.2 Å². The van der Waals surface area contributed by atoms with Crippen LogP contribution in [0.15, 0.2) is 41.4 Å². The molecular weight excluding hydrogens is 350 g/mol. The first kappa shape index (κ1) is 17.3. The Balaban J connectivity index is 2.17. The van der Waals surface area contributed by atoms with Gasteiger partial charge in [-0.3, -0.25) is 4.72 Å². The quantitative estimate of drug-likeness (QED) is 0.816. The molecule has 0 fully saturated rings. The number of benzene rings is 2. The minimum absolute atomic E-state index is 0.154. The molecule has 1 unspecified atom stereocenters. The molecule has 25 heavy (non-hydrogen) atoms. The summed E-state index contributed by atoms with van der Waals surface area (Å²) in [5, 5.41) is 0. The molecule has 1 aliphatic rings. The molecule has 0 aliphatic carbocycles. The summed E-state index contributed by atoms with van der Waals surface area (Å²) >= 11 is 0. The highest BCUT2D eigenvalue weighted by atomic mass is 32.2. The van der Waals surface area contributed by atoms with Crippen molar-refractivity contribution in [3.63, 3.8) is 0 Å². The highest BCUT2D eigenvalue weighted by Gasteiger charge is 2.32. The Morgan fingerprint density at radius 3 is 2.52 bits per heavy atom. The monoisotopic (exact) mass is 366 g/mol. The largest absolute Gasteiger partial charge is 0.466 e. The molecule has 0 saturated heterocycles. The molecule has 132 valence electrons. The molecule has 0 spiro atoms. The molecule has 0 aromatic heterocycles. The van der Waals surface area contributed by atoms with Crippen molar-refractivity contribution < 1.29 is 21.9 Å². The highest BCUT2D eigenvalue weighted by Crippen LogP contribution is 2.36. The van der Waals surface area contributed by atoms with Gasteiger partial charge in [0, 0.05) is 29.7 Å². The van der Waals surface area contributed by atoms with Crippen LogP contribution in [0.3, 0.4) is 0 Å². The normalized spacial score (nSPS) is 19.2. The van der Waals surface area contributed by atoms with Gasteiger partial charge in [-0.05, 0) is 31.2 Å². The lowest BCUT2D eigenvalue weighted by Gasteiger charge is -2.32. The standard InChI is InChI=1S/C17H16F2N2O3S/c1-3-17(2)20-16(12-6-4-10(18)8-14(12)19)13-7-5-11(21-25(22)23)9-15(13)24-17/h4-9,25H,3H2,1-2H3,(H,21,22,23). The Morgan fingerprint density at radius 2 is 1.88 bits per heavy atom. The fourth-order valence-corrected chi connectivity index (χ4v) is 2.92. The maximum absolute atomic E-state index is 14.3. The molecule has 0 amide bonds. The van der Waals surface area contributed by atoms with Gasteiger partial charge in [0.25, 0.3) is 0 Å². The average molecular weight is 366 g/mol. The predicted molar refractivity (Wildman–Crippen MR) is 91.7 cm³/mol. The van der Waals surface area contributed by atoms with Crippen LogP contribution in [0, 0.1) is 11.6 Å². The summed E-state index contributed by atoms with van der Waals surface area (Å²) in [4.78, 5) is 4.52. The number of hydrogen-bond acceptors (Lipinski definition) is 4. The van der Waals surface area contributed by atoms with Crippen LogP contribution in [0.2, 0.25) is 0 Å². The van der Waals surface area contributed by atoms with Gasteiger partial charge in [0.15, 0.2) is 5.72 Å². The van der Waals surface area contributed by atoms with E-state index in [0.29, 0.717) is 29.1 Å². The van der Waals surface area contributed by atoms with Crippen molar-refractivity contribution in [1.82, 2.24) is 0 Å². The third-order valence-electron chi connectivity index (χ3n) is 3.98. The van der Waals surface area contributed by atoms with Crippen molar-refractivity contribution in [2.45, 2.75) is 26.0 Å². The van der Waals surface area contributed by atoms with Gasteiger partial charge in [-0.25, -0.2) is 22.2 Å². The van der Waals surface area contributed by atoms with Gasteiger partial charge in [0.1, 0.15) is 17.4 Å². The van der Waals surface area contributed by atoms with Gasteiger partial charge in [-0.1, -0.05) is 6.92 Å². The lowest BCUT2D eigenvalue weighted by atomic mass is 9.97. The minimum atomic E-state index is -2.82. The van der Waals surface area contributed by atoms with Crippen molar-refractivity contribution in [1.29, 1.82) is 0 Å². The molecule has 0 saturated carbocycles. The molecule has 3 rings (SSSR count). The highest BCUT2D eigenvalue weighted by molar-refractivity contribution is 7.73. The van der Waals surface area contributed by atoms with E-state index in [1.807, 2.05) is 6.92 Å². The van der Waals surface area contributed by atoms with E-state index in [-0.39, 0.29) is 5.56 Å². The summed E-state index contributed by atoms with van der Waals surface area (Å²) < 4.78 is 57.4. The Kier molecular flexibility index (Phi) is 4.47. The zero-order valence-electron chi connectivity index (χ0n) is 13.5. The van der Waals surface area contributed by atoms with Crippen LogP contribution in [0.25, 0.3) is 0 Å². The number of ether oxygens (including phenoxy) is 1. The number of fused-ring (bicyclic) bond motifs is 1. The number of rotatable bonds is 4. The summed E-state index contributed by atoms with van der Waals surface area (Å²) in [7, 11) is -2.82. The predicted octanol–water partition coefficient (Wildman–Crippen LogP) is 3.26. The SMILES string of the molecule is CCC1(C)N=C(c2ccc(F)cc2F)c2ccc(N[SH](=O)=O)cc2O1. The number of halogens is 2. The first-order valence-electron chi connectivity index (χ1n) is 7.61. The van der Waals surface area contributed by atoms with E-state index in [1.54, 1.807) is 13.0 Å². The maximum atomic E-state index is 14.3. The van der Waals surface area contributed by atoms with Crippen molar-refractivity contribution >= 4 is 22.3 Å². The summed E-state index contributed by atoms with van der Waals surface area (Å²) in [5.41, 5.74) is 0.376. The third-order valence-corrected chi connectivity index (χ3v) is 4.42. The van der Waals surface area contributed by atoms with Gasteiger partial charge < -0.3 is 4.74 Å². The molecule has 1 aliphatic heterocycles. The van der Waals surface area contributed by atoms with Crippen molar-refractivity contribution in [2.75, 3.05) is 4.72 Å². The number of nitrogens with one attached hydrogen (secondary N) is 1. The van der Waals surface area contributed by atoms with E-state index in [9.17, 15) is 17.2 Å². The van der Waals surface area contributed by atoms with Crippen LogP contribution in [-0.4, -0.2) is 19.9 Å². The Labute approximate surface area is 145 Å². The fourth-order valence-electron chi connectivity index (χ4n) is 2.57. The second kappa shape index (κ2) is 6.44. The molecule has 2 aromatic rings. The van der Waals surface area contributed by atoms with Crippen LogP contribution in [0.5, 0.6) is 5.75 Å². The zero-order valence-corrected chi connectivity index (χ0v) is 14.4. The van der Waals surface area contributed by atoms with Gasteiger partial charge in [-0.15, -0.1) is 0 Å². The molecule has 0 bridgehead atoms. The number of thiol groups is 1. The molecule has 0 radical (unpaired) electrons. The molecule has 1 heterocycles. The van der Waals surface area contributed by atoms with Gasteiger partial charge in [0.05, 0.1) is 11.4 Å². The summed E-state index contributed by atoms with van der Waals surface area (Å²) in [6.45, 7) is 3.61. The Morgan fingerprint density at radius 1 is 1.16 bits per heavy atom. The summed E-state index contributed by atoms with van der Waals surface area (Å²) in [6, 6.07) is 7.93. The van der Waals surface area contributed by atoms with Crippen LogP contribution in [0.1, 0.15) is 31.4 Å². The second-order valence-corrected chi connectivity index (χ2v) is 6.53. The van der Waals surface area contributed by atoms with E-state index in [1.165, 1.54) is 18.2 Å². The number of hydrogen-bond donors (Lipinski definition) is 2. The van der Waals surface area contributed by atoms with Gasteiger partial charge in [0.2, 0.25) is 10.9 Å². The van der Waals surface area contributed by atoms with E-state index >= 15 is 0 Å². The minimum Gasteiger partial charge on any atom is -0.466 e. The smallest absolute Gasteiger partial charge is 0.222 e. The number of aliphatic imine (C=N–C) groups is 1. The molecule has 8 heteroatoms. The summed E-state index contributed by atoms with van der Waals surface area (Å²) in [6.07, 6.45) is 0.506. The van der Waals surface area contributed by atoms with Crippen LogP contribution < -0.4 is 9.46 Å². The van der Waals surface area contributed by atoms with Gasteiger partial charge >= 0.3 is 0 Å².